The standard InChI is InChI=1S/C14H27N3O/c1-14(2,3)11-15-12-10-13(18)17(5)9-7-6-8-16(12)4/h6-11H2,1-5H3. The number of rotatable bonds is 1. The summed E-state index contributed by atoms with van der Waals surface area (Å²) in [6.07, 6.45) is 2.62. The summed E-state index contributed by atoms with van der Waals surface area (Å²) < 4.78 is 0. The second-order valence-electron chi connectivity index (χ2n) is 6.41. The lowest BCUT2D eigenvalue weighted by Crippen LogP contribution is -2.34. The maximum absolute atomic E-state index is 12.0. The summed E-state index contributed by atoms with van der Waals surface area (Å²) in [5.41, 5.74) is 0.168. The average Bonchev–Trinajstić information content (AvgIpc) is 2.31. The molecule has 1 heterocycles. The van der Waals surface area contributed by atoms with Gasteiger partial charge < -0.3 is 9.80 Å². The molecule has 4 heteroatoms. The van der Waals surface area contributed by atoms with Crippen LogP contribution in [0, 0.1) is 5.41 Å². The number of amidine groups is 1. The predicted molar refractivity (Wildman–Crippen MR) is 75.9 cm³/mol. The van der Waals surface area contributed by atoms with E-state index < -0.39 is 0 Å². The lowest BCUT2D eigenvalue weighted by Gasteiger charge is -2.23. The van der Waals surface area contributed by atoms with Crippen LogP contribution in [0.5, 0.6) is 0 Å². The molecular weight excluding hydrogens is 226 g/mol. The van der Waals surface area contributed by atoms with E-state index in [1.165, 1.54) is 0 Å². The quantitative estimate of drug-likeness (QED) is 0.716. The Bertz CT molecular complexity index is 317. The van der Waals surface area contributed by atoms with Crippen molar-refractivity contribution in [1.29, 1.82) is 0 Å². The fraction of sp³-hybridized carbons (Fsp3) is 0.857. The highest BCUT2D eigenvalue weighted by Crippen LogP contribution is 2.14. The number of carbonyl (C=O) groups is 1. The molecule has 0 aliphatic carbocycles. The van der Waals surface area contributed by atoms with Crippen molar-refractivity contribution in [1.82, 2.24) is 9.80 Å². The highest BCUT2D eigenvalue weighted by molar-refractivity contribution is 5.99. The fourth-order valence-corrected chi connectivity index (χ4v) is 1.86. The summed E-state index contributed by atoms with van der Waals surface area (Å²) in [7, 11) is 3.93. The zero-order chi connectivity index (χ0) is 13.8. The van der Waals surface area contributed by atoms with Gasteiger partial charge in [-0.2, -0.15) is 0 Å². The first-order chi connectivity index (χ1) is 8.29. The third-order valence-corrected chi connectivity index (χ3v) is 3.15. The van der Waals surface area contributed by atoms with Crippen LogP contribution in [0.1, 0.15) is 40.0 Å². The topological polar surface area (TPSA) is 35.9 Å². The van der Waals surface area contributed by atoms with Gasteiger partial charge in [0.05, 0.1) is 6.42 Å². The zero-order valence-corrected chi connectivity index (χ0v) is 12.5. The van der Waals surface area contributed by atoms with E-state index in [1.807, 2.05) is 19.0 Å². The molecule has 1 saturated heterocycles. The summed E-state index contributed by atoms with van der Waals surface area (Å²) in [6, 6.07) is 0. The molecule has 0 unspecified atom stereocenters. The highest BCUT2D eigenvalue weighted by atomic mass is 16.2. The molecular formula is C14H27N3O. The molecule has 0 aromatic carbocycles. The Labute approximate surface area is 111 Å². The minimum Gasteiger partial charge on any atom is -0.363 e. The van der Waals surface area contributed by atoms with Crippen molar-refractivity contribution in [3.8, 4) is 0 Å². The van der Waals surface area contributed by atoms with Crippen LogP contribution in [0.4, 0.5) is 0 Å². The summed E-state index contributed by atoms with van der Waals surface area (Å²) in [4.78, 5) is 20.6. The summed E-state index contributed by atoms with van der Waals surface area (Å²) >= 11 is 0. The molecule has 0 aromatic rings. The largest absolute Gasteiger partial charge is 0.363 e. The first-order valence-corrected chi connectivity index (χ1v) is 6.78. The Morgan fingerprint density at radius 2 is 1.67 bits per heavy atom. The first kappa shape index (κ1) is 15.0. The van der Waals surface area contributed by atoms with Crippen LogP contribution >= 0.6 is 0 Å². The van der Waals surface area contributed by atoms with Gasteiger partial charge in [0.2, 0.25) is 5.91 Å². The second-order valence-corrected chi connectivity index (χ2v) is 6.41. The summed E-state index contributed by atoms with van der Waals surface area (Å²) in [5.74, 6) is 1.11. The van der Waals surface area contributed by atoms with Gasteiger partial charge in [-0.3, -0.25) is 9.79 Å². The Morgan fingerprint density at radius 3 is 2.22 bits per heavy atom. The molecule has 4 nitrogen and oxygen atoms in total. The van der Waals surface area contributed by atoms with E-state index in [9.17, 15) is 4.79 Å². The van der Waals surface area contributed by atoms with Crippen molar-refractivity contribution >= 4 is 11.7 Å². The molecule has 104 valence electrons. The predicted octanol–water partition coefficient (Wildman–Crippen LogP) is 2.01. The van der Waals surface area contributed by atoms with Gasteiger partial charge >= 0.3 is 0 Å². The maximum atomic E-state index is 12.0. The third-order valence-electron chi connectivity index (χ3n) is 3.15. The van der Waals surface area contributed by atoms with Gasteiger partial charge in [0.25, 0.3) is 0 Å². The second kappa shape index (κ2) is 6.21. The van der Waals surface area contributed by atoms with Gasteiger partial charge in [-0.1, -0.05) is 20.8 Å². The highest BCUT2D eigenvalue weighted by Gasteiger charge is 2.18. The van der Waals surface area contributed by atoms with Crippen LogP contribution < -0.4 is 0 Å². The SMILES string of the molecule is CN1CCCCN(C)C(=NCC(C)(C)C)CC1=O. The lowest BCUT2D eigenvalue weighted by molar-refractivity contribution is -0.128. The van der Waals surface area contributed by atoms with E-state index >= 15 is 0 Å². The zero-order valence-electron chi connectivity index (χ0n) is 12.5. The number of hydrogen-bond acceptors (Lipinski definition) is 2. The Kier molecular flexibility index (Phi) is 5.17. The molecule has 0 N–H and O–H groups in total. The molecule has 0 radical (unpaired) electrons. The molecule has 1 aliphatic rings. The average molecular weight is 253 g/mol. The fourth-order valence-electron chi connectivity index (χ4n) is 1.86. The van der Waals surface area contributed by atoms with Gasteiger partial charge in [0, 0.05) is 33.7 Å². The molecule has 0 bridgehead atoms. The third kappa shape index (κ3) is 5.07. The number of hydrogen-bond donors (Lipinski definition) is 0. The van der Waals surface area contributed by atoms with Gasteiger partial charge in [0.15, 0.2) is 0 Å². The van der Waals surface area contributed by atoms with Crippen LogP contribution in [0.15, 0.2) is 4.99 Å². The maximum Gasteiger partial charge on any atom is 0.229 e. The Morgan fingerprint density at radius 1 is 1.11 bits per heavy atom. The Hall–Kier alpha value is -1.06. The minimum absolute atomic E-state index is 0.168. The van der Waals surface area contributed by atoms with Gasteiger partial charge in [0.1, 0.15) is 5.84 Å². The van der Waals surface area contributed by atoms with Crippen LogP contribution in [0.3, 0.4) is 0 Å². The van der Waals surface area contributed by atoms with Gasteiger partial charge in [-0.25, -0.2) is 0 Å². The summed E-state index contributed by atoms with van der Waals surface area (Å²) in [6.45, 7) is 9.12. The van der Waals surface area contributed by atoms with Crippen LogP contribution in [-0.4, -0.2) is 55.3 Å². The van der Waals surface area contributed by atoms with E-state index in [0.717, 1.165) is 38.3 Å². The molecule has 0 atom stereocenters. The van der Waals surface area contributed by atoms with Crippen LogP contribution in [0.25, 0.3) is 0 Å². The normalized spacial score (nSPS) is 21.8. The molecule has 1 aliphatic heterocycles. The van der Waals surface area contributed by atoms with Crippen molar-refractivity contribution in [2.45, 2.75) is 40.0 Å². The molecule has 1 rings (SSSR count). The van der Waals surface area contributed by atoms with E-state index in [4.69, 9.17) is 0 Å². The molecule has 18 heavy (non-hydrogen) atoms. The van der Waals surface area contributed by atoms with E-state index in [1.54, 1.807) is 0 Å². The molecule has 1 amide bonds. The number of nitrogens with zero attached hydrogens (tertiary/aromatic N) is 3. The van der Waals surface area contributed by atoms with Crippen molar-refractivity contribution in [2.24, 2.45) is 10.4 Å². The van der Waals surface area contributed by atoms with E-state index in [0.29, 0.717) is 6.42 Å². The van der Waals surface area contributed by atoms with Gasteiger partial charge in [-0.15, -0.1) is 0 Å². The number of aliphatic imine (C=N–C) groups is 1. The van der Waals surface area contributed by atoms with Crippen molar-refractivity contribution in [2.75, 3.05) is 33.7 Å². The number of amides is 1. The van der Waals surface area contributed by atoms with Crippen molar-refractivity contribution < 1.29 is 4.79 Å². The Balaban J connectivity index is 2.79. The van der Waals surface area contributed by atoms with Crippen LogP contribution in [0.2, 0.25) is 0 Å². The van der Waals surface area contributed by atoms with Crippen molar-refractivity contribution in [3.05, 3.63) is 0 Å². The molecule has 0 saturated carbocycles. The van der Waals surface area contributed by atoms with E-state index in [2.05, 4.69) is 30.7 Å². The van der Waals surface area contributed by atoms with Crippen LogP contribution in [-0.2, 0) is 4.79 Å². The minimum atomic E-state index is 0.168. The summed E-state index contributed by atoms with van der Waals surface area (Å²) in [5, 5.41) is 0. The molecule has 1 fully saturated rings. The lowest BCUT2D eigenvalue weighted by atomic mass is 9.97. The monoisotopic (exact) mass is 253 g/mol. The first-order valence-electron chi connectivity index (χ1n) is 6.78. The van der Waals surface area contributed by atoms with Crippen molar-refractivity contribution in [3.63, 3.8) is 0 Å². The van der Waals surface area contributed by atoms with E-state index in [-0.39, 0.29) is 11.3 Å². The smallest absolute Gasteiger partial charge is 0.229 e. The van der Waals surface area contributed by atoms with Gasteiger partial charge in [-0.05, 0) is 18.3 Å². The molecule has 0 aromatic heterocycles. The molecule has 0 spiro atoms. The number of carbonyl (C=O) groups excluding carboxylic acids is 1.